The average Bonchev–Trinajstić information content (AvgIpc) is 3.33. The number of hydrogen-bond donors (Lipinski definition) is 1. The number of fused-ring (bicyclic) bond motifs is 1. The van der Waals surface area contributed by atoms with Crippen LogP contribution in [0.4, 0.5) is 5.69 Å². The van der Waals surface area contributed by atoms with Crippen molar-refractivity contribution in [2.75, 3.05) is 3.30 Å². The van der Waals surface area contributed by atoms with Gasteiger partial charge in [0.2, 0.25) is 0 Å². The Balaban J connectivity index is 0.00000200. The molecule has 38 heavy (non-hydrogen) atoms. The Morgan fingerprint density at radius 3 is 1.66 bits per heavy atom. The van der Waals surface area contributed by atoms with Crippen LogP contribution in [0, 0.1) is 0 Å². The zero-order chi connectivity index (χ0) is 25.1. The van der Waals surface area contributed by atoms with Crippen LogP contribution in [-0.2, 0) is 20.9 Å². The van der Waals surface area contributed by atoms with Crippen LogP contribution >= 0.6 is 0 Å². The van der Waals surface area contributed by atoms with E-state index in [0.29, 0.717) is 15.5 Å². The molecule has 0 saturated carbocycles. The Hall–Kier alpha value is -1.91. The van der Waals surface area contributed by atoms with Crippen LogP contribution in [0.15, 0.2) is 109 Å². The van der Waals surface area contributed by atoms with Crippen molar-refractivity contribution in [1.29, 1.82) is 0 Å². The average molecular weight is 724 g/mol. The molecule has 5 rings (SSSR count). The van der Waals surface area contributed by atoms with E-state index in [9.17, 15) is 0 Å². The molecule has 0 fully saturated rings. The summed E-state index contributed by atoms with van der Waals surface area (Å²) in [4.78, 5) is 0. The van der Waals surface area contributed by atoms with Gasteiger partial charge in [-0.05, 0) is 0 Å². The molecule has 4 aromatic carbocycles. The molecule has 1 nitrogen and oxygen atoms in total. The second-order valence-corrected chi connectivity index (χ2v) is 30.3. The smallest absolute Gasteiger partial charge is 1.00 e. The number of anilines is 1. The third kappa shape index (κ3) is 6.45. The first kappa shape index (κ1) is 30.6. The summed E-state index contributed by atoms with van der Waals surface area (Å²) in [5, 5.41) is 3.15. The molecule has 0 spiro atoms. The molecule has 0 saturated heterocycles. The van der Waals surface area contributed by atoms with Crippen molar-refractivity contribution in [3.05, 3.63) is 131 Å². The van der Waals surface area contributed by atoms with Crippen molar-refractivity contribution < 1.29 is 45.7 Å². The molecule has 0 bridgehead atoms. The molecule has 0 heterocycles. The summed E-state index contributed by atoms with van der Waals surface area (Å²) in [6.07, 6.45) is 4.92. The molecular weight excluding hydrogens is 688 g/mol. The van der Waals surface area contributed by atoms with E-state index in [1.807, 2.05) is 0 Å². The van der Waals surface area contributed by atoms with Gasteiger partial charge in [0.15, 0.2) is 0 Å². The Labute approximate surface area is 250 Å². The number of allylic oxidation sites excluding steroid dienone is 1. The molecule has 0 amide bonds. The van der Waals surface area contributed by atoms with E-state index < -0.39 is 26.9 Å². The standard InChI is InChI=1S/C12H18N.C12H11Si.C9H7.2ClH.Hf/c1-8(2)10-6-5-7-11(9(3)4)12(10)13;1-3-7-11(8-4-1)13-12-9-5-2-6-10-12;1-2-5-9-7-3-6-8(9)4-1;;;/h5-9,13H,1-4H3;1-10,13H;1-7H;2*1H;/q-1;;;;;+3/p-2. The van der Waals surface area contributed by atoms with E-state index in [0.717, 1.165) is 0 Å². The summed E-state index contributed by atoms with van der Waals surface area (Å²) < 4.78 is 5.01. The maximum atomic E-state index is 4.48. The summed E-state index contributed by atoms with van der Waals surface area (Å²) in [6, 6.07) is 38.9. The fourth-order valence-corrected chi connectivity index (χ4v) is 35.1. The Morgan fingerprint density at radius 1 is 0.632 bits per heavy atom. The third-order valence-electron chi connectivity index (χ3n) is 7.35. The van der Waals surface area contributed by atoms with E-state index in [4.69, 9.17) is 0 Å². The molecular formula is C33H36Cl2HfNSi. The number of nitrogens with one attached hydrogen (secondary N) is 1. The summed E-state index contributed by atoms with van der Waals surface area (Å²) in [7, 11) is 0. The number of hydrogen-bond acceptors (Lipinski definition) is 1. The van der Waals surface area contributed by atoms with Gasteiger partial charge in [-0.15, -0.1) is 0 Å². The Kier molecular flexibility index (Phi) is 11.2. The van der Waals surface area contributed by atoms with Crippen LogP contribution in [0.5, 0.6) is 0 Å². The molecule has 1 unspecified atom stereocenters. The zero-order valence-electron chi connectivity index (χ0n) is 22.5. The number of rotatable bonds is 8. The van der Waals surface area contributed by atoms with Gasteiger partial charge in [-0.3, -0.25) is 0 Å². The maximum Gasteiger partial charge on any atom is -1.00 e. The number of para-hydroxylation sites is 1. The van der Waals surface area contributed by atoms with Gasteiger partial charge in [0.05, 0.1) is 0 Å². The van der Waals surface area contributed by atoms with Gasteiger partial charge in [-0.25, -0.2) is 0 Å². The summed E-state index contributed by atoms with van der Waals surface area (Å²) in [5.41, 5.74) is 7.30. The molecule has 1 aliphatic rings. The predicted molar refractivity (Wildman–Crippen MR) is 156 cm³/mol. The van der Waals surface area contributed by atoms with Crippen molar-refractivity contribution in [3.8, 4) is 0 Å². The first-order chi connectivity index (χ1) is 17.5. The van der Waals surface area contributed by atoms with Gasteiger partial charge < -0.3 is 24.8 Å². The van der Waals surface area contributed by atoms with Crippen molar-refractivity contribution in [2.24, 2.45) is 0 Å². The first-order valence-electron chi connectivity index (χ1n) is 13.2. The second-order valence-electron chi connectivity index (χ2n) is 10.4. The Morgan fingerprint density at radius 2 is 1.13 bits per heavy atom. The van der Waals surface area contributed by atoms with E-state index in [1.165, 1.54) is 27.9 Å². The van der Waals surface area contributed by atoms with E-state index in [2.05, 4.69) is 146 Å². The molecule has 1 N–H and O–H groups in total. The van der Waals surface area contributed by atoms with Crippen molar-refractivity contribution in [1.82, 2.24) is 0 Å². The number of halogens is 2. The predicted octanol–water partition coefficient (Wildman–Crippen LogP) is 1.19. The quantitative estimate of drug-likeness (QED) is 0.270. The monoisotopic (exact) mass is 724 g/mol. The topological polar surface area (TPSA) is 12.0 Å². The maximum absolute atomic E-state index is 4.48. The summed E-state index contributed by atoms with van der Waals surface area (Å²) in [5.74, 6) is -0.531. The third-order valence-corrected chi connectivity index (χ3v) is 34.2. The first-order valence-corrected chi connectivity index (χ1v) is 25.0. The van der Waals surface area contributed by atoms with E-state index >= 15 is 0 Å². The van der Waals surface area contributed by atoms with Gasteiger partial charge in [0, 0.05) is 0 Å². The van der Waals surface area contributed by atoms with Crippen LogP contribution in [0.25, 0.3) is 6.08 Å². The van der Waals surface area contributed by atoms with Crippen LogP contribution in [0.1, 0.15) is 65.5 Å². The van der Waals surface area contributed by atoms with Gasteiger partial charge in [-0.2, -0.15) is 0 Å². The zero-order valence-corrected chi connectivity index (χ0v) is 28.8. The molecule has 0 aromatic heterocycles. The fraction of sp³-hybridized carbons (Fsp3) is 0.212. The minimum Gasteiger partial charge on any atom is -1.00 e. The van der Waals surface area contributed by atoms with Crippen molar-refractivity contribution in [2.45, 2.75) is 43.2 Å². The molecule has 0 radical (unpaired) electrons. The molecule has 0 aliphatic heterocycles. The van der Waals surface area contributed by atoms with E-state index in [-0.39, 0.29) is 24.8 Å². The van der Waals surface area contributed by atoms with E-state index in [1.54, 1.807) is 10.4 Å². The van der Waals surface area contributed by atoms with Crippen LogP contribution in [0.2, 0.25) is 0 Å². The summed E-state index contributed by atoms with van der Waals surface area (Å²) in [6.45, 7) is 9.35. The molecule has 4 aromatic rings. The van der Waals surface area contributed by atoms with Gasteiger partial charge in [0.25, 0.3) is 0 Å². The normalized spacial score (nSPS) is 13.7. The van der Waals surface area contributed by atoms with Crippen LogP contribution in [0.3, 0.4) is 0 Å². The van der Waals surface area contributed by atoms with Gasteiger partial charge >= 0.3 is 227 Å². The van der Waals surface area contributed by atoms with Gasteiger partial charge in [-0.1, -0.05) is 0 Å². The van der Waals surface area contributed by atoms with Crippen molar-refractivity contribution >= 4 is 28.1 Å². The second kappa shape index (κ2) is 13.9. The molecule has 195 valence electrons. The SMILES string of the molecule is CC(C)c1cccc(C(C)C)c1[NH][Hf+2]([CH]1C=Cc2ccccc21)[SiH](c1ccccc1)c1ccccc1.[Cl-].[Cl-]. The van der Waals surface area contributed by atoms with Crippen LogP contribution < -0.4 is 38.5 Å². The van der Waals surface area contributed by atoms with Gasteiger partial charge in [0.1, 0.15) is 0 Å². The molecule has 1 atom stereocenters. The molecule has 5 heteroatoms. The fourth-order valence-electron chi connectivity index (χ4n) is 5.53. The van der Waals surface area contributed by atoms with Crippen molar-refractivity contribution in [3.63, 3.8) is 0 Å². The molecule has 1 aliphatic carbocycles. The summed E-state index contributed by atoms with van der Waals surface area (Å²) >= 11 is -2.69. The largest absolute Gasteiger partial charge is 1.00 e. The number of benzene rings is 4. The Bertz CT molecular complexity index is 1280. The van der Waals surface area contributed by atoms with Crippen LogP contribution in [-0.4, -0.2) is 5.98 Å². The minimum absolute atomic E-state index is 0. The minimum atomic E-state index is -2.69.